The van der Waals surface area contributed by atoms with E-state index in [4.69, 9.17) is 4.74 Å². The third-order valence-electron chi connectivity index (χ3n) is 3.58. The maximum atomic E-state index is 5.26. The van der Waals surface area contributed by atoms with E-state index in [1.165, 1.54) is 27.5 Å². The average molecular weight is 274 g/mol. The minimum atomic E-state index is 0.894. The third kappa shape index (κ3) is 3.14. The Kier molecular flexibility index (Phi) is 3.74. The van der Waals surface area contributed by atoms with E-state index in [2.05, 4.69) is 73.7 Å². The number of methoxy groups -OCH3 is 1. The molecule has 0 fully saturated rings. The molecule has 0 amide bonds. The van der Waals surface area contributed by atoms with Crippen molar-refractivity contribution in [3.05, 3.63) is 77.4 Å². The Morgan fingerprint density at radius 3 is 2.24 bits per heavy atom. The molecule has 0 N–H and O–H groups in total. The number of fused-ring (bicyclic) bond motifs is 1. The summed E-state index contributed by atoms with van der Waals surface area (Å²) in [4.78, 5) is 0. The van der Waals surface area contributed by atoms with Crippen molar-refractivity contribution < 1.29 is 4.74 Å². The largest absolute Gasteiger partial charge is 0.497 e. The molecule has 0 radical (unpaired) electrons. The van der Waals surface area contributed by atoms with Crippen molar-refractivity contribution >= 4 is 22.9 Å². The Balaban J connectivity index is 1.91. The van der Waals surface area contributed by atoms with Crippen molar-refractivity contribution in [2.24, 2.45) is 0 Å². The molecule has 21 heavy (non-hydrogen) atoms. The zero-order chi connectivity index (χ0) is 14.7. The predicted molar refractivity (Wildman–Crippen MR) is 90.6 cm³/mol. The molecule has 0 aliphatic heterocycles. The molecule has 0 aromatic heterocycles. The molecular weight excluding hydrogens is 256 g/mol. The van der Waals surface area contributed by atoms with Crippen LogP contribution in [0.3, 0.4) is 0 Å². The van der Waals surface area contributed by atoms with Gasteiger partial charge in [-0.3, -0.25) is 0 Å². The summed E-state index contributed by atoms with van der Waals surface area (Å²) in [6.45, 7) is 2.11. The third-order valence-corrected chi connectivity index (χ3v) is 3.58. The fourth-order valence-corrected chi connectivity index (χ4v) is 2.44. The number of hydrogen-bond acceptors (Lipinski definition) is 1. The normalized spacial score (nSPS) is 11.1. The van der Waals surface area contributed by atoms with Gasteiger partial charge in [0.2, 0.25) is 0 Å². The zero-order valence-electron chi connectivity index (χ0n) is 12.3. The van der Waals surface area contributed by atoms with Gasteiger partial charge in [-0.15, -0.1) is 0 Å². The van der Waals surface area contributed by atoms with Crippen molar-refractivity contribution in [3.8, 4) is 5.75 Å². The van der Waals surface area contributed by atoms with E-state index in [0.717, 1.165) is 5.75 Å². The summed E-state index contributed by atoms with van der Waals surface area (Å²) >= 11 is 0. The first-order chi connectivity index (χ1) is 10.2. The van der Waals surface area contributed by atoms with Gasteiger partial charge in [-0.05, 0) is 47.0 Å². The maximum Gasteiger partial charge on any atom is 0.119 e. The molecule has 0 saturated carbocycles. The molecule has 0 saturated heterocycles. The Labute approximate surface area is 125 Å². The number of rotatable bonds is 3. The van der Waals surface area contributed by atoms with Gasteiger partial charge in [0.15, 0.2) is 0 Å². The summed E-state index contributed by atoms with van der Waals surface area (Å²) < 4.78 is 5.26. The summed E-state index contributed by atoms with van der Waals surface area (Å²) in [5.41, 5.74) is 3.71. The summed E-state index contributed by atoms with van der Waals surface area (Å²) in [5.74, 6) is 0.894. The fourth-order valence-electron chi connectivity index (χ4n) is 2.44. The van der Waals surface area contributed by atoms with Crippen LogP contribution in [0.2, 0.25) is 0 Å². The highest BCUT2D eigenvalue weighted by Gasteiger charge is 1.97. The Morgan fingerprint density at radius 2 is 1.48 bits per heavy atom. The van der Waals surface area contributed by atoms with Crippen LogP contribution in [-0.2, 0) is 0 Å². The first-order valence-corrected chi connectivity index (χ1v) is 7.07. The molecule has 0 bridgehead atoms. The topological polar surface area (TPSA) is 9.23 Å². The van der Waals surface area contributed by atoms with E-state index in [1.807, 2.05) is 6.07 Å². The maximum absolute atomic E-state index is 5.26. The van der Waals surface area contributed by atoms with Crippen molar-refractivity contribution in [3.63, 3.8) is 0 Å². The quantitative estimate of drug-likeness (QED) is 0.587. The standard InChI is InChI=1S/C20H18O/c1-15-4-3-5-16(12-15)6-7-17-8-9-19-14-20(21-2)11-10-18(19)13-17/h3-14H,1-2H3/b7-6+. The van der Waals surface area contributed by atoms with Crippen LogP contribution in [0, 0.1) is 6.92 Å². The lowest BCUT2D eigenvalue weighted by atomic mass is 10.1. The van der Waals surface area contributed by atoms with Crippen LogP contribution >= 0.6 is 0 Å². The number of hydrogen-bond donors (Lipinski definition) is 0. The Morgan fingerprint density at radius 1 is 0.762 bits per heavy atom. The second-order valence-electron chi connectivity index (χ2n) is 5.22. The van der Waals surface area contributed by atoms with Gasteiger partial charge in [0.1, 0.15) is 5.75 Å². The van der Waals surface area contributed by atoms with E-state index in [-0.39, 0.29) is 0 Å². The van der Waals surface area contributed by atoms with E-state index in [1.54, 1.807) is 7.11 Å². The average Bonchev–Trinajstić information content (AvgIpc) is 2.52. The zero-order valence-corrected chi connectivity index (χ0v) is 12.3. The molecule has 0 atom stereocenters. The van der Waals surface area contributed by atoms with Gasteiger partial charge in [0.05, 0.1) is 7.11 Å². The SMILES string of the molecule is COc1ccc2cc(/C=C/c3cccc(C)c3)ccc2c1. The van der Waals surface area contributed by atoms with Crippen LogP contribution in [-0.4, -0.2) is 7.11 Å². The molecule has 1 nitrogen and oxygen atoms in total. The minimum Gasteiger partial charge on any atom is -0.497 e. The lowest BCUT2D eigenvalue weighted by Gasteiger charge is -2.03. The molecule has 0 unspecified atom stereocenters. The van der Waals surface area contributed by atoms with Gasteiger partial charge >= 0.3 is 0 Å². The molecule has 104 valence electrons. The van der Waals surface area contributed by atoms with Crippen LogP contribution in [0.25, 0.3) is 22.9 Å². The van der Waals surface area contributed by atoms with Gasteiger partial charge in [-0.1, -0.05) is 60.2 Å². The molecule has 0 heterocycles. The number of aryl methyl sites for hydroxylation is 1. The molecular formula is C20H18O. The van der Waals surface area contributed by atoms with Crippen LogP contribution in [0.15, 0.2) is 60.7 Å². The molecule has 3 aromatic rings. The van der Waals surface area contributed by atoms with E-state index >= 15 is 0 Å². The van der Waals surface area contributed by atoms with Crippen LogP contribution < -0.4 is 4.74 Å². The summed E-state index contributed by atoms with van der Waals surface area (Å²) in [6, 6.07) is 21.1. The van der Waals surface area contributed by atoms with Gasteiger partial charge in [-0.2, -0.15) is 0 Å². The summed E-state index contributed by atoms with van der Waals surface area (Å²) in [7, 11) is 1.69. The van der Waals surface area contributed by atoms with Crippen LogP contribution in [0.4, 0.5) is 0 Å². The Hall–Kier alpha value is -2.54. The van der Waals surface area contributed by atoms with E-state index < -0.39 is 0 Å². The summed E-state index contributed by atoms with van der Waals surface area (Å²) in [6.07, 6.45) is 4.30. The second-order valence-corrected chi connectivity index (χ2v) is 5.22. The Bertz CT molecular complexity index is 800. The highest BCUT2D eigenvalue weighted by Crippen LogP contribution is 2.22. The summed E-state index contributed by atoms with van der Waals surface area (Å²) in [5, 5.41) is 2.42. The number of benzene rings is 3. The smallest absolute Gasteiger partial charge is 0.119 e. The molecule has 0 spiro atoms. The van der Waals surface area contributed by atoms with E-state index in [9.17, 15) is 0 Å². The monoisotopic (exact) mass is 274 g/mol. The minimum absolute atomic E-state index is 0.894. The number of ether oxygens (including phenoxy) is 1. The van der Waals surface area contributed by atoms with Gasteiger partial charge in [0.25, 0.3) is 0 Å². The van der Waals surface area contributed by atoms with Crippen molar-refractivity contribution in [1.82, 2.24) is 0 Å². The highest BCUT2D eigenvalue weighted by molar-refractivity contribution is 5.87. The van der Waals surface area contributed by atoms with Crippen molar-refractivity contribution in [1.29, 1.82) is 0 Å². The molecule has 1 heteroatoms. The van der Waals surface area contributed by atoms with Crippen LogP contribution in [0.1, 0.15) is 16.7 Å². The van der Waals surface area contributed by atoms with E-state index in [0.29, 0.717) is 0 Å². The lowest BCUT2D eigenvalue weighted by Crippen LogP contribution is -1.82. The molecule has 3 rings (SSSR count). The first-order valence-electron chi connectivity index (χ1n) is 7.07. The molecule has 3 aromatic carbocycles. The molecule has 0 aliphatic rings. The highest BCUT2D eigenvalue weighted by atomic mass is 16.5. The van der Waals surface area contributed by atoms with Crippen molar-refractivity contribution in [2.75, 3.05) is 7.11 Å². The lowest BCUT2D eigenvalue weighted by molar-refractivity contribution is 0.415. The van der Waals surface area contributed by atoms with Gasteiger partial charge < -0.3 is 4.74 Å². The fraction of sp³-hybridized carbons (Fsp3) is 0.100. The molecule has 0 aliphatic carbocycles. The van der Waals surface area contributed by atoms with Crippen molar-refractivity contribution in [2.45, 2.75) is 6.92 Å². The first kappa shape index (κ1) is 13.4. The van der Waals surface area contributed by atoms with Gasteiger partial charge in [-0.25, -0.2) is 0 Å². The predicted octanol–water partition coefficient (Wildman–Crippen LogP) is 5.33. The van der Waals surface area contributed by atoms with Crippen LogP contribution in [0.5, 0.6) is 5.75 Å². The van der Waals surface area contributed by atoms with Gasteiger partial charge in [0, 0.05) is 0 Å². The second kappa shape index (κ2) is 5.84.